The number of anilines is 1. The number of benzene rings is 3. The number of fused-ring (bicyclic) bond motifs is 1. The Morgan fingerprint density at radius 2 is 1.52 bits per heavy atom. The minimum atomic E-state index is -2.61. The first-order valence-electron chi connectivity index (χ1n) is 8.91. The van der Waals surface area contributed by atoms with Crippen LogP contribution in [0.15, 0.2) is 71.3 Å². The molecule has 0 unspecified atom stereocenters. The zero-order valence-corrected chi connectivity index (χ0v) is 17.2. The molecule has 3 aromatic carbocycles. The van der Waals surface area contributed by atoms with Gasteiger partial charge < -0.3 is 9.42 Å². The van der Waals surface area contributed by atoms with E-state index in [1.54, 1.807) is 0 Å². The van der Waals surface area contributed by atoms with Gasteiger partial charge in [0.1, 0.15) is 0 Å². The number of rotatable bonds is 3. The van der Waals surface area contributed by atoms with Crippen molar-refractivity contribution in [2.24, 2.45) is 0 Å². The monoisotopic (exact) mass is 407 g/mol. The lowest BCUT2D eigenvalue weighted by Gasteiger charge is -2.16. The van der Waals surface area contributed by atoms with E-state index in [0.717, 1.165) is 28.1 Å². The smallest absolute Gasteiger partial charge is 0.308 e. The van der Waals surface area contributed by atoms with Crippen molar-refractivity contribution in [1.82, 2.24) is 5.16 Å². The molecule has 0 radical (unpaired) electrons. The average molecular weight is 407 g/mol. The third-order valence-electron chi connectivity index (χ3n) is 4.55. The van der Waals surface area contributed by atoms with Crippen LogP contribution in [0.2, 0.25) is 0 Å². The van der Waals surface area contributed by atoms with Crippen molar-refractivity contribution in [3.63, 3.8) is 0 Å². The molecular weight excluding hydrogens is 386 g/mol. The van der Waals surface area contributed by atoms with Gasteiger partial charge in [0.25, 0.3) is 0 Å². The molecule has 0 spiro atoms. The molecule has 0 aliphatic carbocycles. The maximum Gasteiger partial charge on any atom is 0.308 e. The van der Waals surface area contributed by atoms with E-state index in [4.69, 9.17) is 17.7 Å². The van der Waals surface area contributed by atoms with Gasteiger partial charge in [-0.1, -0.05) is 65.8 Å². The maximum atomic E-state index is 8.67. The fourth-order valence-electron chi connectivity index (χ4n) is 3.38. The van der Waals surface area contributed by atoms with Gasteiger partial charge in [-0.15, -0.1) is 0 Å². The summed E-state index contributed by atoms with van der Waals surface area (Å²) < 4.78 is 28.6. The highest BCUT2D eigenvalue weighted by molar-refractivity contribution is 7.60. The van der Waals surface area contributed by atoms with Crippen molar-refractivity contribution >= 4 is 27.0 Å². The molecule has 7 heteroatoms. The highest BCUT2D eigenvalue weighted by Gasteiger charge is 2.19. The SMILES string of the molecule is Cc1noc(-c2cccc3c(N(C)C)cccc23)c1-c1ccccc1.N=S(=O)=O. The Bertz CT molecular complexity index is 1240. The van der Waals surface area contributed by atoms with E-state index < -0.39 is 10.5 Å². The zero-order valence-electron chi connectivity index (χ0n) is 16.4. The molecule has 4 rings (SSSR count). The number of nitrogens with one attached hydrogen (secondary N) is 1. The summed E-state index contributed by atoms with van der Waals surface area (Å²) in [5, 5.41) is 6.62. The molecule has 0 saturated carbocycles. The molecule has 4 aromatic rings. The lowest BCUT2D eigenvalue weighted by molar-refractivity contribution is 0.427. The van der Waals surface area contributed by atoms with Crippen molar-refractivity contribution in [2.45, 2.75) is 6.92 Å². The Morgan fingerprint density at radius 3 is 2.17 bits per heavy atom. The van der Waals surface area contributed by atoms with Crippen molar-refractivity contribution in [1.29, 1.82) is 4.78 Å². The predicted molar refractivity (Wildman–Crippen MR) is 116 cm³/mol. The number of nitrogens with zero attached hydrogens (tertiary/aromatic N) is 2. The standard InChI is InChI=1S/C22H20N2O.HNO2S/c1-15-21(16-9-5-4-6-10-16)22(25-23-15)19-13-7-12-18-17(19)11-8-14-20(18)24(2)3;1-4(2)3/h4-14H,1-3H3;1H. The van der Waals surface area contributed by atoms with Crippen molar-refractivity contribution in [3.05, 3.63) is 72.4 Å². The van der Waals surface area contributed by atoms with Gasteiger partial charge in [0.15, 0.2) is 5.76 Å². The normalized spacial score (nSPS) is 10.3. The molecule has 148 valence electrons. The maximum absolute atomic E-state index is 8.67. The van der Waals surface area contributed by atoms with E-state index in [1.807, 2.05) is 25.1 Å². The summed E-state index contributed by atoms with van der Waals surface area (Å²) in [6, 6.07) is 23.0. The van der Waals surface area contributed by atoms with Gasteiger partial charge in [-0.05, 0) is 23.9 Å². The molecule has 1 heterocycles. The zero-order chi connectivity index (χ0) is 21.0. The van der Waals surface area contributed by atoms with Crippen molar-refractivity contribution in [2.75, 3.05) is 19.0 Å². The first-order chi connectivity index (χ1) is 13.9. The van der Waals surface area contributed by atoms with Crippen LogP contribution in [0.4, 0.5) is 5.69 Å². The highest BCUT2D eigenvalue weighted by Crippen LogP contribution is 2.39. The van der Waals surface area contributed by atoms with Gasteiger partial charge in [-0.3, -0.25) is 0 Å². The lowest BCUT2D eigenvalue weighted by atomic mass is 9.95. The third-order valence-corrected chi connectivity index (χ3v) is 4.55. The second-order valence-corrected chi connectivity index (χ2v) is 7.11. The third kappa shape index (κ3) is 4.35. The Hall–Kier alpha value is -3.45. The highest BCUT2D eigenvalue weighted by atomic mass is 32.2. The summed E-state index contributed by atoms with van der Waals surface area (Å²) in [7, 11) is 1.52. The molecule has 29 heavy (non-hydrogen) atoms. The van der Waals surface area contributed by atoms with Crippen LogP contribution in [0.3, 0.4) is 0 Å². The molecule has 0 saturated heterocycles. The molecule has 0 bridgehead atoms. The fourth-order valence-corrected chi connectivity index (χ4v) is 3.38. The predicted octanol–water partition coefficient (Wildman–Crippen LogP) is 5.16. The van der Waals surface area contributed by atoms with Gasteiger partial charge in [-0.2, -0.15) is 13.2 Å². The van der Waals surface area contributed by atoms with E-state index in [9.17, 15) is 0 Å². The summed E-state index contributed by atoms with van der Waals surface area (Å²) in [5.41, 5.74) is 5.35. The Kier molecular flexibility index (Phi) is 6.09. The fraction of sp³-hybridized carbons (Fsp3) is 0.136. The van der Waals surface area contributed by atoms with Crippen LogP contribution in [-0.2, 0) is 10.5 Å². The lowest BCUT2D eigenvalue weighted by Crippen LogP contribution is -2.08. The molecule has 0 atom stereocenters. The van der Waals surface area contributed by atoms with Gasteiger partial charge >= 0.3 is 10.5 Å². The molecule has 0 aliphatic heterocycles. The van der Waals surface area contributed by atoms with Crippen LogP contribution in [-0.4, -0.2) is 27.7 Å². The van der Waals surface area contributed by atoms with Crippen molar-refractivity contribution < 1.29 is 12.9 Å². The van der Waals surface area contributed by atoms with Gasteiger partial charge in [0, 0.05) is 30.7 Å². The first kappa shape index (κ1) is 20.3. The van der Waals surface area contributed by atoms with Crippen LogP contribution in [0, 0.1) is 11.7 Å². The quantitative estimate of drug-likeness (QED) is 0.506. The summed E-state index contributed by atoms with van der Waals surface area (Å²) in [6.07, 6.45) is 0. The number of aryl methyl sites for hydroxylation is 1. The van der Waals surface area contributed by atoms with Gasteiger partial charge in [0.05, 0.1) is 11.3 Å². The summed E-state index contributed by atoms with van der Waals surface area (Å²) >= 11 is 0. The second-order valence-electron chi connectivity index (χ2n) is 6.65. The van der Waals surface area contributed by atoms with Crippen LogP contribution >= 0.6 is 0 Å². The van der Waals surface area contributed by atoms with Crippen LogP contribution in [0.25, 0.3) is 33.2 Å². The minimum Gasteiger partial charge on any atom is -0.377 e. The van der Waals surface area contributed by atoms with E-state index in [1.165, 1.54) is 16.5 Å². The van der Waals surface area contributed by atoms with Crippen LogP contribution in [0.5, 0.6) is 0 Å². The summed E-state index contributed by atoms with van der Waals surface area (Å²) in [4.78, 5) is 2.13. The number of hydrogen-bond donors (Lipinski definition) is 1. The van der Waals surface area contributed by atoms with Crippen LogP contribution < -0.4 is 4.90 Å². The van der Waals surface area contributed by atoms with E-state index in [-0.39, 0.29) is 0 Å². The topological polar surface area (TPSA) is 87.3 Å². The number of aromatic nitrogens is 1. The van der Waals surface area contributed by atoms with E-state index >= 15 is 0 Å². The Morgan fingerprint density at radius 1 is 0.897 bits per heavy atom. The molecule has 1 N–H and O–H groups in total. The molecule has 1 aromatic heterocycles. The molecule has 0 aliphatic rings. The van der Waals surface area contributed by atoms with E-state index in [2.05, 4.69) is 72.7 Å². The van der Waals surface area contributed by atoms with Gasteiger partial charge in [0.2, 0.25) is 0 Å². The first-order valence-corrected chi connectivity index (χ1v) is 9.99. The number of hydrogen-bond acceptors (Lipinski definition) is 6. The Labute approximate surface area is 170 Å². The van der Waals surface area contributed by atoms with Gasteiger partial charge in [-0.25, -0.2) is 0 Å². The second kappa shape index (κ2) is 8.70. The summed E-state index contributed by atoms with van der Waals surface area (Å²) in [5.74, 6) is 0.824. The Balaban J connectivity index is 0.000000552. The van der Waals surface area contributed by atoms with E-state index in [0.29, 0.717) is 0 Å². The molecule has 6 nitrogen and oxygen atoms in total. The largest absolute Gasteiger partial charge is 0.377 e. The van der Waals surface area contributed by atoms with Crippen molar-refractivity contribution in [3.8, 4) is 22.5 Å². The van der Waals surface area contributed by atoms with Crippen LogP contribution in [0.1, 0.15) is 5.69 Å². The summed E-state index contributed by atoms with van der Waals surface area (Å²) in [6.45, 7) is 1.99. The average Bonchev–Trinajstić information content (AvgIpc) is 3.08. The molecule has 0 fully saturated rings. The molecular formula is C22H21N3O3S. The minimum absolute atomic E-state index is 0.824. The molecule has 0 amide bonds.